The number of rotatable bonds is 8. The highest BCUT2D eigenvalue weighted by Gasteiger charge is 2.59. The lowest BCUT2D eigenvalue weighted by Crippen LogP contribution is -2.55. The molecule has 3 aliphatic heterocycles. The molecule has 2 aromatic carbocycles. The number of hydroxylamine groups is 3. The van der Waals surface area contributed by atoms with Gasteiger partial charge in [-0.05, 0) is 24.6 Å². The van der Waals surface area contributed by atoms with Gasteiger partial charge in [0.25, 0.3) is 0 Å². The Morgan fingerprint density at radius 1 is 1.30 bits per heavy atom. The van der Waals surface area contributed by atoms with E-state index in [-0.39, 0.29) is 96.8 Å². The van der Waals surface area contributed by atoms with Gasteiger partial charge in [-0.25, -0.2) is 13.8 Å². The van der Waals surface area contributed by atoms with Gasteiger partial charge in [-0.2, -0.15) is 15.2 Å². The molecule has 3 aliphatic rings. The van der Waals surface area contributed by atoms with Crippen LogP contribution in [0.4, 0.5) is 25.4 Å². The van der Waals surface area contributed by atoms with Gasteiger partial charge in [0.1, 0.15) is 52.8 Å². The van der Waals surface area contributed by atoms with Gasteiger partial charge in [-0.15, -0.1) is 11.3 Å². The Kier molecular flexibility index (Phi) is 8.85. The summed E-state index contributed by atoms with van der Waals surface area (Å²) in [4.78, 5) is 15.6. The van der Waals surface area contributed by atoms with Crippen LogP contribution in [0.15, 0.2) is 30.5 Å². The molecular weight excluding hydrogens is 746 g/mol. The molecule has 4 N–H and O–H groups in total. The second-order valence-corrected chi connectivity index (χ2v) is 17.2. The fourth-order valence-corrected chi connectivity index (χ4v) is 11.1. The molecule has 2 fully saturated rings. The van der Waals surface area contributed by atoms with Crippen molar-refractivity contribution in [1.29, 1.82) is 5.26 Å². The number of nitrogens with zero attached hydrogens (tertiary/aromatic N) is 6. The molecule has 0 bridgehead atoms. The van der Waals surface area contributed by atoms with Crippen LogP contribution in [0, 0.1) is 28.2 Å². The van der Waals surface area contributed by atoms with E-state index in [0.29, 0.717) is 42.9 Å². The number of thiophene rings is 1. The molecule has 276 valence electrons. The van der Waals surface area contributed by atoms with Gasteiger partial charge in [-0.1, -0.05) is 30.7 Å². The molecule has 0 amide bonds. The lowest BCUT2D eigenvalue weighted by molar-refractivity contribution is -0.905. The number of pyridine rings is 1. The number of aromatic nitrogens is 3. The predicted octanol–water partition coefficient (Wildman–Crippen LogP) is 6.60. The van der Waals surface area contributed by atoms with Gasteiger partial charge in [0.2, 0.25) is 0 Å². The second kappa shape index (κ2) is 13.2. The molecule has 2 unspecified atom stereocenters. The SMILES string of the molecule is CCS(=O)[C@@H]1C[C@]2(COc3nc4c5c(c(Cl)c(-c6ccc(F)c7sc(N)c(C#N)c67)c(F)c5n3)OCCN4[C@H](C)c3cccnc3N)CCC[N+]2([O-])C1. The molecule has 0 aliphatic carbocycles. The number of hydrogen-bond donors (Lipinski definition) is 2. The molecule has 0 saturated carbocycles. The number of quaternary nitrogens is 1. The zero-order valence-corrected chi connectivity index (χ0v) is 31.2. The molecule has 2 saturated heterocycles. The Labute approximate surface area is 314 Å². The summed E-state index contributed by atoms with van der Waals surface area (Å²) in [5, 5.41) is 24.2. The number of halogens is 3. The summed E-state index contributed by atoms with van der Waals surface area (Å²) in [5.41, 5.74) is 12.0. The number of nitrogens with two attached hydrogens (primary N) is 2. The first kappa shape index (κ1) is 35.6. The molecule has 8 rings (SSSR count). The van der Waals surface area contributed by atoms with Crippen molar-refractivity contribution in [3.05, 3.63) is 63.5 Å². The summed E-state index contributed by atoms with van der Waals surface area (Å²) in [6.07, 6.45) is 3.29. The molecular formula is C36H35ClF2N8O4S2. The van der Waals surface area contributed by atoms with Crippen LogP contribution in [0.3, 0.4) is 0 Å². The summed E-state index contributed by atoms with van der Waals surface area (Å²) < 4.78 is 57.5. The van der Waals surface area contributed by atoms with E-state index in [0.717, 1.165) is 11.3 Å². The maximum absolute atomic E-state index is 17.4. The number of ether oxygens (including phenoxy) is 2. The van der Waals surface area contributed by atoms with Gasteiger partial charge in [0.05, 0.1) is 51.6 Å². The minimum Gasteiger partial charge on any atom is -0.632 e. The Morgan fingerprint density at radius 3 is 2.87 bits per heavy atom. The van der Waals surface area contributed by atoms with E-state index in [4.69, 9.17) is 37.5 Å². The Balaban J connectivity index is 1.33. The summed E-state index contributed by atoms with van der Waals surface area (Å²) in [7, 11) is -1.15. The van der Waals surface area contributed by atoms with Gasteiger partial charge >= 0.3 is 6.01 Å². The number of benzene rings is 2. The Morgan fingerprint density at radius 2 is 2.11 bits per heavy atom. The van der Waals surface area contributed by atoms with Crippen LogP contribution in [0.25, 0.3) is 32.1 Å². The average molecular weight is 781 g/mol. The second-order valence-electron chi connectivity index (χ2n) is 13.7. The third kappa shape index (κ3) is 5.46. The van der Waals surface area contributed by atoms with Crippen molar-refractivity contribution < 1.29 is 27.1 Å². The number of nitriles is 1. The zero-order valence-electron chi connectivity index (χ0n) is 28.8. The van der Waals surface area contributed by atoms with Crippen molar-refractivity contribution in [1.82, 2.24) is 15.0 Å². The van der Waals surface area contributed by atoms with Crippen LogP contribution in [0.2, 0.25) is 5.02 Å². The summed E-state index contributed by atoms with van der Waals surface area (Å²) in [6, 6.07) is 7.53. The molecule has 5 aromatic rings. The first-order valence-corrected chi connectivity index (χ1v) is 19.8. The fourth-order valence-electron chi connectivity index (χ4n) is 8.40. The minimum atomic E-state index is -1.15. The molecule has 6 heterocycles. The molecule has 5 atom stereocenters. The van der Waals surface area contributed by atoms with Crippen molar-refractivity contribution in [3.63, 3.8) is 0 Å². The third-order valence-corrected chi connectivity index (χ3v) is 14.1. The minimum absolute atomic E-state index is 0.00257. The smallest absolute Gasteiger partial charge is 0.319 e. The van der Waals surface area contributed by atoms with Crippen molar-refractivity contribution in [2.75, 3.05) is 55.0 Å². The Bertz CT molecular complexity index is 2390. The molecule has 3 aromatic heterocycles. The normalized spacial score (nSPS) is 23.4. The van der Waals surface area contributed by atoms with Crippen molar-refractivity contribution >= 4 is 71.4 Å². The van der Waals surface area contributed by atoms with Crippen molar-refractivity contribution in [2.24, 2.45) is 0 Å². The highest BCUT2D eigenvalue weighted by Crippen LogP contribution is 2.52. The number of fused-ring (bicyclic) bond motifs is 2. The van der Waals surface area contributed by atoms with Crippen LogP contribution in [0.5, 0.6) is 11.8 Å². The quantitative estimate of drug-likeness (QED) is 0.128. The summed E-state index contributed by atoms with van der Waals surface area (Å²) >= 11 is 7.95. The number of anilines is 3. The highest BCUT2D eigenvalue weighted by molar-refractivity contribution is 7.85. The molecule has 0 radical (unpaired) electrons. The standard InChI is InChI=1S/C36H35ClF2N8O4S2/c1-3-53(49)19-14-36(9-5-12-47(36,48)16-19)17-51-35-44-29-26-30(50-13-11-46(34(26)45-35)18(2)20-6-4-10-43-32(20)41)27(37)25(28(29)39)21-7-8-23(38)31-24(21)22(15-40)33(42)52-31/h4,6-8,10,18-19H,3,5,9,11-14,16-17,42H2,1-2H3,(H2,41,43)/t18-,19-,36+,47?,53?/m1/s1. The maximum Gasteiger partial charge on any atom is 0.319 e. The van der Waals surface area contributed by atoms with Gasteiger partial charge < -0.3 is 35.7 Å². The van der Waals surface area contributed by atoms with Crippen LogP contribution in [0.1, 0.15) is 50.3 Å². The predicted molar refractivity (Wildman–Crippen MR) is 202 cm³/mol. The van der Waals surface area contributed by atoms with Crippen molar-refractivity contribution in [3.8, 4) is 29.0 Å². The van der Waals surface area contributed by atoms with Crippen LogP contribution in [-0.4, -0.2) is 73.2 Å². The number of nitrogen functional groups attached to an aromatic ring is 2. The van der Waals surface area contributed by atoms with Crippen LogP contribution in [-0.2, 0) is 10.8 Å². The maximum atomic E-state index is 17.4. The monoisotopic (exact) mass is 780 g/mol. The third-order valence-electron chi connectivity index (χ3n) is 11.0. The lowest BCUT2D eigenvalue weighted by atomic mass is 9.95. The van der Waals surface area contributed by atoms with Gasteiger partial charge in [0.15, 0.2) is 11.6 Å². The summed E-state index contributed by atoms with van der Waals surface area (Å²) in [5.74, 6) is -0.389. The van der Waals surface area contributed by atoms with Gasteiger partial charge in [0, 0.05) is 58.5 Å². The molecule has 17 heteroatoms. The van der Waals surface area contributed by atoms with E-state index >= 15 is 8.78 Å². The van der Waals surface area contributed by atoms with Crippen LogP contribution >= 0.6 is 22.9 Å². The van der Waals surface area contributed by atoms with E-state index in [1.807, 2.05) is 30.9 Å². The van der Waals surface area contributed by atoms with Crippen LogP contribution < -0.4 is 25.8 Å². The Hall–Kier alpha value is -4.40. The van der Waals surface area contributed by atoms with E-state index in [1.54, 1.807) is 12.3 Å². The fraction of sp³-hybridized carbons (Fsp3) is 0.389. The van der Waals surface area contributed by atoms with E-state index in [2.05, 4.69) is 9.97 Å². The van der Waals surface area contributed by atoms with E-state index in [1.165, 1.54) is 12.1 Å². The topological polar surface area (TPSA) is 176 Å². The van der Waals surface area contributed by atoms with Gasteiger partial charge in [-0.3, -0.25) is 4.21 Å². The zero-order chi connectivity index (χ0) is 37.4. The number of hydrogen-bond acceptors (Lipinski definition) is 12. The first-order valence-electron chi connectivity index (χ1n) is 17.2. The highest BCUT2D eigenvalue weighted by atomic mass is 35.5. The average Bonchev–Trinajstić information content (AvgIpc) is 3.69. The molecule has 0 spiro atoms. The molecule has 12 nitrogen and oxygen atoms in total. The largest absolute Gasteiger partial charge is 0.632 e. The van der Waals surface area contributed by atoms with Crippen molar-refractivity contribution in [2.45, 2.75) is 49.9 Å². The van der Waals surface area contributed by atoms with E-state index < -0.39 is 38.7 Å². The lowest BCUT2D eigenvalue weighted by Gasteiger charge is -2.47. The molecule has 53 heavy (non-hydrogen) atoms. The van der Waals surface area contributed by atoms with E-state index in [9.17, 15) is 14.7 Å². The first-order chi connectivity index (χ1) is 25.4. The summed E-state index contributed by atoms with van der Waals surface area (Å²) in [6.45, 7) is 4.69.